The summed E-state index contributed by atoms with van der Waals surface area (Å²) in [5.41, 5.74) is -1.14. The fraction of sp³-hybridized carbons (Fsp3) is 0.250. The number of ether oxygens (including phenoxy) is 1. The third-order valence-corrected chi connectivity index (χ3v) is 2.36. The number of halogens is 4. The third kappa shape index (κ3) is 3.77. The second kappa shape index (κ2) is 5.91. The number of hydrogen-bond acceptors (Lipinski definition) is 2. The molecule has 0 atom stereocenters. The average Bonchev–Trinajstić information content (AvgIpc) is 2.26. The SMILES string of the molecule is CCOC(=O)/C=C/c1c(Cl)cccc1C(F)(F)F. The van der Waals surface area contributed by atoms with Crippen molar-refractivity contribution >= 4 is 23.6 Å². The lowest BCUT2D eigenvalue weighted by molar-refractivity contribution is -0.138. The Morgan fingerprint density at radius 1 is 1.44 bits per heavy atom. The van der Waals surface area contributed by atoms with Gasteiger partial charge < -0.3 is 4.74 Å². The molecule has 1 aromatic rings. The van der Waals surface area contributed by atoms with Crippen molar-refractivity contribution in [3.8, 4) is 0 Å². The van der Waals surface area contributed by atoms with E-state index in [-0.39, 0.29) is 17.2 Å². The van der Waals surface area contributed by atoms with Gasteiger partial charge in [-0.25, -0.2) is 4.79 Å². The van der Waals surface area contributed by atoms with Crippen LogP contribution in [-0.2, 0) is 15.7 Å². The zero-order valence-corrected chi connectivity index (χ0v) is 10.2. The summed E-state index contributed by atoms with van der Waals surface area (Å²) >= 11 is 5.69. The van der Waals surface area contributed by atoms with E-state index in [0.29, 0.717) is 0 Å². The minimum Gasteiger partial charge on any atom is -0.463 e. The van der Waals surface area contributed by atoms with Crippen LogP contribution in [0, 0.1) is 0 Å². The number of rotatable bonds is 3. The highest BCUT2D eigenvalue weighted by molar-refractivity contribution is 6.32. The maximum Gasteiger partial charge on any atom is 0.417 e. The molecule has 1 aromatic carbocycles. The van der Waals surface area contributed by atoms with E-state index in [0.717, 1.165) is 18.2 Å². The fourth-order valence-corrected chi connectivity index (χ4v) is 1.53. The van der Waals surface area contributed by atoms with Gasteiger partial charge in [-0.1, -0.05) is 17.7 Å². The van der Waals surface area contributed by atoms with Crippen LogP contribution in [0.3, 0.4) is 0 Å². The Bertz CT molecular complexity index is 467. The summed E-state index contributed by atoms with van der Waals surface area (Å²) in [6, 6.07) is 3.42. The normalized spacial score (nSPS) is 11.8. The van der Waals surface area contributed by atoms with Crippen molar-refractivity contribution in [2.75, 3.05) is 6.61 Å². The van der Waals surface area contributed by atoms with E-state index in [1.165, 1.54) is 12.1 Å². The predicted octanol–water partition coefficient (Wildman–Crippen LogP) is 3.94. The number of carbonyl (C=O) groups excluding carboxylic acids is 1. The highest BCUT2D eigenvalue weighted by Gasteiger charge is 2.33. The van der Waals surface area contributed by atoms with E-state index in [4.69, 9.17) is 11.6 Å². The first kappa shape index (κ1) is 14.6. The van der Waals surface area contributed by atoms with Gasteiger partial charge in [0.15, 0.2) is 0 Å². The van der Waals surface area contributed by atoms with E-state index < -0.39 is 17.7 Å². The molecule has 98 valence electrons. The second-order valence-corrected chi connectivity index (χ2v) is 3.69. The first-order valence-corrected chi connectivity index (χ1v) is 5.44. The molecule has 0 unspecified atom stereocenters. The average molecular weight is 279 g/mol. The lowest BCUT2D eigenvalue weighted by atomic mass is 10.1. The Morgan fingerprint density at radius 3 is 2.67 bits per heavy atom. The maximum atomic E-state index is 12.7. The van der Waals surface area contributed by atoms with Gasteiger partial charge in [-0.05, 0) is 25.1 Å². The first-order valence-electron chi connectivity index (χ1n) is 5.06. The van der Waals surface area contributed by atoms with Gasteiger partial charge in [0.05, 0.1) is 12.2 Å². The van der Waals surface area contributed by atoms with Crippen molar-refractivity contribution in [3.63, 3.8) is 0 Å². The van der Waals surface area contributed by atoms with Crippen LogP contribution >= 0.6 is 11.6 Å². The van der Waals surface area contributed by atoms with E-state index in [9.17, 15) is 18.0 Å². The van der Waals surface area contributed by atoms with Crippen LogP contribution < -0.4 is 0 Å². The largest absolute Gasteiger partial charge is 0.463 e. The molecule has 0 N–H and O–H groups in total. The van der Waals surface area contributed by atoms with Gasteiger partial charge in [0, 0.05) is 16.7 Å². The Hall–Kier alpha value is -1.49. The van der Waals surface area contributed by atoms with Crippen LogP contribution in [0.5, 0.6) is 0 Å². The van der Waals surface area contributed by atoms with Crippen LogP contribution in [0.4, 0.5) is 13.2 Å². The highest BCUT2D eigenvalue weighted by atomic mass is 35.5. The van der Waals surface area contributed by atoms with Crippen LogP contribution in [0.2, 0.25) is 5.02 Å². The highest BCUT2D eigenvalue weighted by Crippen LogP contribution is 2.35. The summed E-state index contributed by atoms with van der Waals surface area (Å²) < 4.78 is 42.7. The fourth-order valence-electron chi connectivity index (χ4n) is 1.30. The predicted molar refractivity (Wildman–Crippen MR) is 62.1 cm³/mol. The topological polar surface area (TPSA) is 26.3 Å². The molecule has 18 heavy (non-hydrogen) atoms. The van der Waals surface area contributed by atoms with Gasteiger partial charge in [0.1, 0.15) is 0 Å². The zero-order chi connectivity index (χ0) is 13.8. The summed E-state index contributed by atoms with van der Waals surface area (Å²) in [4.78, 5) is 11.1. The van der Waals surface area contributed by atoms with Crippen molar-refractivity contribution < 1.29 is 22.7 Å². The minimum absolute atomic E-state index is 0.0784. The summed E-state index contributed by atoms with van der Waals surface area (Å²) in [5.74, 6) is -0.717. The molecule has 0 aliphatic rings. The van der Waals surface area contributed by atoms with E-state index in [1.807, 2.05) is 0 Å². The molecule has 0 saturated heterocycles. The maximum absolute atomic E-state index is 12.7. The first-order chi connectivity index (χ1) is 8.36. The summed E-state index contributed by atoms with van der Waals surface area (Å²) in [7, 11) is 0. The molecule has 0 heterocycles. The molecule has 1 rings (SSSR count). The number of carbonyl (C=O) groups is 1. The molecule has 2 nitrogen and oxygen atoms in total. The smallest absolute Gasteiger partial charge is 0.417 e. The zero-order valence-electron chi connectivity index (χ0n) is 9.42. The van der Waals surface area contributed by atoms with Crippen LogP contribution in [-0.4, -0.2) is 12.6 Å². The van der Waals surface area contributed by atoms with Crippen molar-refractivity contribution in [2.45, 2.75) is 13.1 Å². The molecular formula is C12H10ClF3O2. The molecule has 0 radical (unpaired) electrons. The van der Waals surface area contributed by atoms with Crippen molar-refractivity contribution in [1.29, 1.82) is 0 Å². The molecule has 0 spiro atoms. The van der Waals surface area contributed by atoms with Gasteiger partial charge in [0.2, 0.25) is 0 Å². The van der Waals surface area contributed by atoms with Gasteiger partial charge in [-0.2, -0.15) is 13.2 Å². The minimum atomic E-state index is -4.53. The molecule has 0 fully saturated rings. The lowest BCUT2D eigenvalue weighted by Crippen LogP contribution is -2.08. The Labute approximate surface area is 107 Å². The summed E-state index contributed by atoms with van der Waals surface area (Å²) in [6.45, 7) is 1.75. The Kier molecular flexibility index (Phi) is 4.78. The summed E-state index contributed by atoms with van der Waals surface area (Å²) in [6.07, 6.45) is -2.61. The molecule has 0 aliphatic heterocycles. The molecule has 0 aliphatic carbocycles. The number of esters is 1. The molecule has 0 saturated carbocycles. The third-order valence-electron chi connectivity index (χ3n) is 2.03. The molecule has 0 amide bonds. The molecule has 0 bridgehead atoms. The Morgan fingerprint density at radius 2 is 2.11 bits per heavy atom. The lowest BCUT2D eigenvalue weighted by Gasteiger charge is -2.11. The van der Waals surface area contributed by atoms with Crippen molar-refractivity contribution in [3.05, 3.63) is 40.4 Å². The van der Waals surface area contributed by atoms with Gasteiger partial charge in [0.25, 0.3) is 0 Å². The van der Waals surface area contributed by atoms with Crippen LogP contribution in [0.15, 0.2) is 24.3 Å². The summed E-state index contributed by atoms with van der Waals surface area (Å²) in [5, 5.41) is -0.0784. The van der Waals surface area contributed by atoms with E-state index in [1.54, 1.807) is 6.92 Å². The van der Waals surface area contributed by atoms with E-state index >= 15 is 0 Å². The van der Waals surface area contributed by atoms with Crippen molar-refractivity contribution in [2.24, 2.45) is 0 Å². The second-order valence-electron chi connectivity index (χ2n) is 3.28. The molecular weight excluding hydrogens is 269 g/mol. The molecule has 0 aromatic heterocycles. The number of benzene rings is 1. The standard InChI is InChI=1S/C12H10ClF3O2/c1-2-18-11(17)7-6-8-9(12(14,15)16)4-3-5-10(8)13/h3-7H,2H2,1H3/b7-6+. The monoisotopic (exact) mass is 278 g/mol. The van der Waals surface area contributed by atoms with Gasteiger partial charge in [-0.3, -0.25) is 0 Å². The van der Waals surface area contributed by atoms with Crippen LogP contribution in [0.1, 0.15) is 18.1 Å². The van der Waals surface area contributed by atoms with Crippen molar-refractivity contribution in [1.82, 2.24) is 0 Å². The number of alkyl halides is 3. The van der Waals surface area contributed by atoms with Gasteiger partial charge in [-0.15, -0.1) is 0 Å². The van der Waals surface area contributed by atoms with E-state index in [2.05, 4.69) is 4.74 Å². The quantitative estimate of drug-likeness (QED) is 0.618. The van der Waals surface area contributed by atoms with Crippen LogP contribution in [0.25, 0.3) is 6.08 Å². The van der Waals surface area contributed by atoms with Gasteiger partial charge >= 0.3 is 12.1 Å². The number of hydrogen-bond donors (Lipinski definition) is 0. The molecule has 6 heteroatoms. The Balaban J connectivity index is 3.12.